The van der Waals surface area contributed by atoms with Gasteiger partial charge in [0.25, 0.3) is 0 Å². The van der Waals surface area contributed by atoms with Gasteiger partial charge >= 0.3 is 0 Å². The Labute approximate surface area is 77.1 Å². The van der Waals surface area contributed by atoms with Crippen LogP contribution in [0.2, 0.25) is 0 Å². The second-order valence-electron chi connectivity index (χ2n) is 2.29. The number of ether oxygens (including phenoxy) is 1. The highest BCUT2D eigenvalue weighted by molar-refractivity contribution is 7.98. The van der Waals surface area contributed by atoms with E-state index in [1.165, 1.54) is 0 Å². The maximum absolute atomic E-state index is 5.43. The van der Waals surface area contributed by atoms with Gasteiger partial charge in [0.05, 0.1) is 0 Å². The SMILES string of the molecule is CSc1ccccc1OCCN. The van der Waals surface area contributed by atoms with Gasteiger partial charge in [-0.1, -0.05) is 12.1 Å². The van der Waals surface area contributed by atoms with E-state index >= 15 is 0 Å². The molecule has 0 fully saturated rings. The number of hydrogen-bond donors (Lipinski definition) is 1. The Morgan fingerprint density at radius 1 is 1.42 bits per heavy atom. The molecule has 0 heterocycles. The molecule has 0 unspecified atom stereocenters. The summed E-state index contributed by atoms with van der Waals surface area (Å²) in [5.41, 5.74) is 5.34. The molecule has 0 saturated carbocycles. The van der Waals surface area contributed by atoms with E-state index in [4.69, 9.17) is 10.5 Å². The summed E-state index contributed by atoms with van der Waals surface area (Å²) in [6.45, 7) is 1.14. The molecule has 0 aromatic heterocycles. The van der Waals surface area contributed by atoms with Crippen molar-refractivity contribution in [3.05, 3.63) is 24.3 Å². The van der Waals surface area contributed by atoms with Gasteiger partial charge < -0.3 is 10.5 Å². The van der Waals surface area contributed by atoms with Crippen molar-refractivity contribution in [1.29, 1.82) is 0 Å². The summed E-state index contributed by atoms with van der Waals surface area (Å²) in [5.74, 6) is 0.926. The normalized spacial score (nSPS) is 9.83. The molecule has 0 aliphatic rings. The number of benzene rings is 1. The highest BCUT2D eigenvalue weighted by atomic mass is 32.2. The zero-order valence-electron chi connectivity index (χ0n) is 7.12. The molecule has 0 saturated heterocycles. The lowest BCUT2D eigenvalue weighted by Crippen LogP contribution is -2.10. The summed E-state index contributed by atoms with van der Waals surface area (Å²) in [6.07, 6.45) is 2.03. The molecule has 0 amide bonds. The fourth-order valence-corrected chi connectivity index (χ4v) is 1.45. The summed E-state index contributed by atoms with van der Waals surface area (Å²) < 4.78 is 5.43. The molecular weight excluding hydrogens is 170 g/mol. The second kappa shape index (κ2) is 5.06. The average Bonchev–Trinajstić information content (AvgIpc) is 2.15. The van der Waals surface area contributed by atoms with Crippen LogP contribution in [-0.2, 0) is 0 Å². The Morgan fingerprint density at radius 3 is 2.83 bits per heavy atom. The predicted molar refractivity (Wildman–Crippen MR) is 52.8 cm³/mol. The van der Waals surface area contributed by atoms with Crippen LogP contribution in [0.5, 0.6) is 5.75 Å². The standard InChI is InChI=1S/C9H13NOS/c1-12-9-5-3-2-4-8(9)11-7-6-10/h2-5H,6-7,10H2,1H3. The number of rotatable bonds is 4. The van der Waals surface area contributed by atoms with Crippen molar-refractivity contribution in [2.24, 2.45) is 5.73 Å². The van der Waals surface area contributed by atoms with Crippen molar-refractivity contribution in [3.8, 4) is 5.75 Å². The molecule has 2 N–H and O–H groups in total. The third-order valence-corrected chi connectivity index (χ3v) is 2.22. The maximum Gasteiger partial charge on any atom is 0.132 e. The Hall–Kier alpha value is -0.670. The first-order valence-electron chi connectivity index (χ1n) is 3.84. The van der Waals surface area contributed by atoms with Crippen molar-refractivity contribution in [2.45, 2.75) is 4.90 Å². The molecule has 1 aromatic carbocycles. The van der Waals surface area contributed by atoms with Crippen LogP contribution in [0.4, 0.5) is 0 Å². The summed E-state index contributed by atoms with van der Waals surface area (Å²) in [5, 5.41) is 0. The Balaban J connectivity index is 2.68. The minimum atomic E-state index is 0.558. The topological polar surface area (TPSA) is 35.2 Å². The maximum atomic E-state index is 5.43. The first-order valence-corrected chi connectivity index (χ1v) is 5.07. The zero-order valence-corrected chi connectivity index (χ0v) is 7.93. The van der Waals surface area contributed by atoms with Crippen LogP contribution in [0.15, 0.2) is 29.2 Å². The molecule has 0 aliphatic carbocycles. The van der Waals surface area contributed by atoms with Gasteiger partial charge in [0, 0.05) is 11.4 Å². The zero-order chi connectivity index (χ0) is 8.81. The minimum Gasteiger partial charge on any atom is -0.491 e. The number of hydrogen-bond acceptors (Lipinski definition) is 3. The van der Waals surface area contributed by atoms with Gasteiger partial charge in [-0.25, -0.2) is 0 Å². The van der Waals surface area contributed by atoms with Gasteiger partial charge in [0.1, 0.15) is 12.4 Å². The monoisotopic (exact) mass is 183 g/mol. The molecule has 0 spiro atoms. The summed E-state index contributed by atoms with van der Waals surface area (Å²) in [6, 6.07) is 7.96. The minimum absolute atomic E-state index is 0.558. The second-order valence-corrected chi connectivity index (χ2v) is 3.14. The molecule has 0 atom stereocenters. The van der Waals surface area contributed by atoms with E-state index < -0.39 is 0 Å². The fraction of sp³-hybridized carbons (Fsp3) is 0.333. The molecule has 12 heavy (non-hydrogen) atoms. The van der Waals surface area contributed by atoms with E-state index in [-0.39, 0.29) is 0 Å². The molecule has 2 nitrogen and oxygen atoms in total. The molecule has 1 rings (SSSR count). The molecule has 3 heteroatoms. The molecular formula is C9H13NOS. The van der Waals surface area contributed by atoms with Crippen molar-refractivity contribution in [1.82, 2.24) is 0 Å². The third kappa shape index (κ3) is 2.43. The molecule has 0 bridgehead atoms. The lowest BCUT2D eigenvalue weighted by atomic mass is 10.3. The summed E-state index contributed by atoms with van der Waals surface area (Å²) >= 11 is 1.68. The Morgan fingerprint density at radius 2 is 2.17 bits per heavy atom. The third-order valence-electron chi connectivity index (χ3n) is 1.44. The van der Waals surface area contributed by atoms with E-state index in [1.54, 1.807) is 11.8 Å². The molecule has 0 radical (unpaired) electrons. The van der Waals surface area contributed by atoms with Gasteiger partial charge in [-0.05, 0) is 18.4 Å². The van der Waals surface area contributed by atoms with Crippen LogP contribution in [0.3, 0.4) is 0 Å². The van der Waals surface area contributed by atoms with Gasteiger partial charge in [0.15, 0.2) is 0 Å². The van der Waals surface area contributed by atoms with Gasteiger partial charge in [0.2, 0.25) is 0 Å². The number of para-hydroxylation sites is 1. The van der Waals surface area contributed by atoms with Crippen molar-refractivity contribution in [2.75, 3.05) is 19.4 Å². The highest BCUT2D eigenvalue weighted by Gasteiger charge is 1.99. The summed E-state index contributed by atoms with van der Waals surface area (Å²) in [7, 11) is 0. The Kier molecular flexibility index (Phi) is 3.97. The largest absolute Gasteiger partial charge is 0.491 e. The number of thioether (sulfide) groups is 1. The average molecular weight is 183 g/mol. The molecule has 66 valence electrons. The Bertz CT molecular complexity index is 240. The van der Waals surface area contributed by atoms with E-state index in [1.807, 2.05) is 30.5 Å². The lowest BCUT2D eigenvalue weighted by molar-refractivity contribution is 0.321. The predicted octanol–water partition coefficient (Wildman–Crippen LogP) is 1.75. The van der Waals surface area contributed by atoms with E-state index in [9.17, 15) is 0 Å². The van der Waals surface area contributed by atoms with Gasteiger partial charge in [-0.3, -0.25) is 0 Å². The quantitative estimate of drug-likeness (QED) is 0.722. The smallest absolute Gasteiger partial charge is 0.132 e. The first kappa shape index (κ1) is 9.42. The lowest BCUT2D eigenvalue weighted by Gasteiger charge is -2.07. The van der Waals surface area contributed by atoms with Crippen molar-refractivity contribution >= 4 is 11.8 Å². The van der Waals surface area contributed by atoms with E-state index in [0.29, 0.717) is 13.2 Å². The van der Waals surface area contributed by atoms with Crippen LogP contribution in [0.1, 0.15) is 0 Å². The van der Waals surface area contributed by atoms with E-state index in [2.05, 4.69) is 0 Å². The van der Waals surface area contributed by atoms with Crippen LogP contribution in [0, 0.1) is 0 Å². The molecule has 1 aromatic rings. The van der Waals surface area contributed by atoms with Crippen LogP contribution in [0.25, 0.3) is 0 Å². The van der Waals surface area contributed by atoms with E-state index in [0.717, 1.165) is 10.6 Å². The fourth-order valence-electron chi connectivity index (χ4n) is 0.907. The molecule has 0 aliphatic heterocycles. The summed E-state index contributed by atoms with van der Waals surface area (Å²) in [4.78, 5) is 1.16. The van der Waals surface area contributed by atoms with Gasteiger partial charge in [-0.2, -0.15) is 0 Å². The van der Waals surface area contributed by atoms with Crippen molar-refractivity contribution in [3.63, 3.8) is 0 Å². The number of nitrogens with two attached hydrogens (primary N) is 1. The van der Waals surface area contributed by atoms with Crippen LogP contribution >= 0.6 is 11.8 Å². The van der Waals surface area contributed by atoms with Crippen molar-refractivity contribution < 1.29 is 4.74 Å². The van der Waals surface area contributed by atoms with Crippen LogP contribution in [-0.4, -0.2) is 19.4 Å². The van der Waals surface area contributed by atoms with Gasteiger partial charge in [-0.15, -0.1) is 11.8 Å². The van der Waals surface area contributed by atoms with Crippen LogP contribution < -0.4 is 10.5 Å². The highest BCUT2D eigenvalue weighted by Crippen LogP contribution is 2.26. The first-order chi connectivity index (χ1) is 5.88.